The monoisotopic (exact) mass is 381 g/mol. The molecule has 1 aromatic carbocycles. The van der Waals surface area contributed by atoms with Crippen molar-refractivity contribution in [3.63, 3.8) is 0 Å². The molecule has 2 N–H and O–H groups in total. The molecule has 28 heavy (non-hydrogen) atoms. The van der Waals surface area contributed by atoms with E-state index >= 15 is 0 Å². The van der Waals surface area contributed by atoms with Crippen LogP contribution in [-0.4, -0.2) is 46.8 Å². The summed E-state index contributed by atoms with van der Waals surface area (Å²) in [6.45, 7) is 5.36. The quantitative estimate of drug-likeness (QED) is 0.833. The lowest BCUT2D eigenvalue weighted by Crippen LogP contribution is -2.32. The van der Waals surface area contributed by atoms with E-state index in [2.05, 4.69) is 32.8 Å². The summed E-state index contributed by atoms with van der Waals surface area (Å²) in [5.41, 5.74) is 2.59. The number of rotatable bonds is 5. The average Bonchev–Trinajstić information content (AvgIpc) is 3.09. The van der Waals surface area contributed by atoms with Crippen molar-refractivity contribution in [2.75, 3.05) is 31.5 Å². The fourth-order valence-electron chi connectivity index (χ4n) is 4.16. The second-order valence-corrected chi connectivity index (χ2v) is 8.02. The van der Waals surface area contributed by atoms with Gasteiger partial charge in [-0.1, -0.05) is 25.0 Å². The zero-order valence-electron chi connectivity index (χ0n) is 16.6. The minimum Gasteiger partial charge on any atom is -0.321 e. The van der Waals surface area contributed by atoms with Crippen molar-refractivity contribution in [3.05, 3.63) is 47.8 Å². The van der Waals surface area contributed by atoms with Gasteiger partial charge in [0.2, 0.25) is 0 Å². The van der Waals surface area contributed by atoms with Crippen LogP contribution in [0, 0.1) is 0 Å². The van der Waals surface area contributed by atoms with Gasteiger partial charge in [-0.3, -0.25) is 14.4 Å². The van der Waals surface area contributed by atoms with Crippen molar-refractivity contribution < 1.29 is 4.79 Å². The van der Waals surface area contributed by atoms with Crippen LogP contribution in [0.25, 0.3) is 0 Å². The third kappa shape index (κ3) is 5.00. The van der Waals surface area contributed by atoms with E-state index in [0.29, 0.717) is 11.7 Å². The number of piperidine rings is 1. The standard InChI is InChI=1S/C22H31N5O/c28-22(21-11-15-27(25-21)20-6-5-12-23-16-20)24-19-9-7-18(8-10-19)17-26-13-3-1-2-4-14-26/h7-11,15,20,23H,1-6,12-14,16-17H2,(H,24,28). The number of aromatic nitrogens is 2. The second kappa shape index (κ2) is 9.34. The fraction of sp³-hybridized carbons (Fsp3) is 0.545. The number of carbonyl (C=O) groups is 1. The average molecular weight is 382 g/mol. The van der Waals surface area contributed by atoms with Gasteiger partial charge in [0.1, 0.15) is 0 Å². The van der Waals surface area contributed by atoms with Crippen molar-refractivity contribution >= 4 is 11.6 Å². The summed E-state index contributed by atoms with van der Waals surface area (Å²) >= 11 is 0. The predicted molar refractivity (Wildman–Crippen MR) is 112 cm³/mol. The van der Waals surface area contributed by atoms with Gasteiger partial charge in [-0.25, -0.2) is 0 Å². The molecule has 6 nitrogen and oxygen atoms in total. The fourth-order valence-corrected chi connectivity index (χ4v) is 4.16. The van der Waals surface area contributed by atoms with Gasteiger partial charge in [-0.2, -0.15) is 5.10 Å². The molecule has 2 saturated heterocycles. The number of likely N-dealkylation sites (tertiary alicyclic amines) is 1. The first-order chi connectivity index (χ1) is 13.8. The highest BCUT2D eigenvalue weighted by atomic mass is 16.1. The highest BCUT2D eigenvalue weighted by molar-refractivity contribution is 6.02. The molecule has 0 saturated carbocycles. The summed E-state index contributed by atoms with van der Waals surface area (Å²) in [5, 5.41) is 10.8. The largest absolute Gasteiger partial charge is 0.321 e. The Kier molecular flexibility index (Phi) is 6.39. The van der Waals surface area contributed by atoms with Crippen LogP contribution in [0.4, 0.5) is 5.69 Å². The van der Waals surface area contributed by atoms with E-state index in [9.17, 15) is 4.79 Å². The molecule has 2 aliphatic rings. The van der Waals surface area contributed by atoms with E-state index in [1.54, 1.807) is 6.07 Å². The molecule has 2 aliphatic heterocycles. The Morgan fingerprint density at radius 2 is 1.86 bits per heavy atom. The van der Waals surface area contributed by atoms with Crippen molar-refractivity contribution in [3.8, 4) is 0 Å². The SMILES string of the molecule is O=C(Nc1ccc(CN2CCCCCC2)cc1)c1ccn(C2CCCNC2)n1. The Morgan fingerprint density at radius 3 is 2.57 bits per heavy atom. The summed E-state index contributed by atoms with van der Waals surface area (Å²) < 4.78 is 1.92. The number of nitrogens with one attached hydrogen (secondary N) is 2. The molecule has 1 unspecified atom stereocenters. The molecule has 4 rings (SSSR count). The normalized spacial score (nSPS) is 21.2. The molecule has 0 bridgehead atoms. The van der Waals surface area contributed by atoms with E-state index < -0.39 is 0 Å². The number of amides is 1. The van der Waals surface area contributed by atoms with Crippen molar-refractivity contribution in [1.29, 1.82) is 0 Å². The van der Waals surface area contributed by atoms with Crippen LogP contribution >= 0.6 is 0 Å². The van der Waals surface area contributed by atoms with Gasteiger partial charge in [0.15, 0.2) is 5.69 Å². The zero-order valence-corrected chi connectivity index (χ0v) is 16.6. The molecular formula is C22H31N5O. The van der Waals surface area contributed by atoms with Crippen LogP contribution in [-0.2, 0) is 6.54 Å². The van der Waals surface area contributed by atoms with Gasteiger partial charge in [-0.05, 0) is 69.1 Å². The summed E-state index contributed by atoms with van der Waals surface area (Å²) in [6.07, 6.45) is 9.49. The van der Waals surface area contributed by atoms with Gasteiger partial charge in [0.25, 0.3) is 5.91 Å². The lowest BCUT2D eigenvalue weighted by atomic mass is 10.1. The van der Waals surface area contributed by atoms with Crippen molar-refractivity contribution in [1.82, 2.24) is 20.0 Å². The first-order valence-electron chi connectivity index (χ1n) is 10.7. The van der Waals surface area contributed by atoms with E-state index in [0.717, 1.165) is 38.2 Å². The van der Waals surface area contributed by atoms with Crippen LogP contribution in [0.15, 0.2) is 36.5 Å². The number of carbonyl (C=O) groups excluding carboxylic acids is 1. The van der Waals surface area contributed by atoms with Crippen LogP contribution in [0.1, 0.15) is 60.6 Å². The summed E-state index contributed by atoms with van der Waals surface area (Å²) in [4.78, 5) is 15.1. The zero-order chi connectivity index (χ0) is 19.2. The highest BCUT2D eigenvalue weighted by Gasteiger charge is 2.18. The number of hydrogen-bond donors (Lipinski definition) is 2. The summed E-state index contributed by atoms with van der Waals surface area (Å²) in [7, 11) is 0. The van der Waals surface area contributed by atoms with Crippen LogP contribution in [0.5, 0.6) is 0 Å². The number of benzene rings is 1. The third-order valence-electron chi connectivity index (χ3n) is 5.80. The molecule has 0 radical (unpaired) electrons. The lowest BCUT2D eigenvalue weighted by molar-refractivity contribution is 0.102. The number of nitrogens with zero attached hydrogens (tertiary/aromatic N) is 3. The predicted octanol–water partition coefficient (Wildman–Crippen LogP) is 3.44. The molecule has 3 heterocycles. The molecular weight excluding hydrogens is 350 g/mol. The second-order valence-electron chi connectivity index (χ2n) is 8.02. The smallest absolute Gasteiger partial charge is 0.276 e. The molecule has 1 aromatic heterocycles. The topological polar surface area (TPSA) is 62.2 Å². The van der Waals surface area contributed by atoms with Gasteiger partial charge in [0, 0.05) is 25.0 Å². The Hall–Kier alpha value is -2.18. The maximum Gasteiger partial charge on any atom is 0.276 e. The third-order valence-corrected chi connectivity index (χ3v) is 5.80. The first-order valence-corrected chi connectivity index (χ1v) is 10.7. The molecule has 2 aromatic rings. The number of hydrogen-bond acceptors (Lipinski definition) is 4. The van der Waals surface area contributed by atoms with E-state index in [-0.39, 0.29) is 5.91 Å². The first kappa shape index (κ1) is 19.2. The summed E-state index contributed by atoms with van der Waals surface area (Å²) in [6, 6.07) is 10.4. The van der Waals surface area contributed by atoms with Crippen LogP contribution in [0.2, 0.25) is 0 Å². The Bertz CT molecular complexity index is 755. The van der Waals surface area contributed by atoms with E-state index in [1.807, 2.05) is 23.0 Å². The van der Waals surface area contributed by atoms with Crippen LogP contribution < -0.4 is 10.6 Å². The summed E-state index contributed by atoms with van der Waals surface area (Å²) in [5.74, 6) is -0.150. The molecule has 2 fully saturated rings. The molecule has 1 atom stereocenters. The van der Waals surface area contributed by atoms with Crippen LogP contribution in [0.3, 0.4) is 0 Å². The maximum atomic E-state index is 12.5. The van der Waals surface area contributed by atoms with E-state index in [4.69, 9.17) is 0 Å². The van der Waals surface area contributed by atoms with Gasteiger partial charge >= 0.3 is 0 Å². The van der Waals surface area contributed by atoms with Crippen molar-refractivity contribution in [2.24, 2.45) is 0 Å². The molecule has 0 spiro atoms. The van der Waals surface area contributed by atoms with Gasteiger partial charge in [0.05, 0.1) is 6.04 Å². The maximum absolute atomic E-state index is 12.5. The van der Waals surface area contributed by atoms with Crippen molar-refractivity contribution in [2.45, 2.75) is 51.1 Å². The Morgan fingerprint density at radius 1 is 1.07 bits per heavy atom. The minimum atomic E-state index is -0.150. The molecule has 150 valence electrons. The van der Waals surface area contributed by atoms with E-state index in [1.165, 1.54) is 44.3 Å². The van der Waals surface area contributed by atoms with Gasteiger partial charge < -0.3 is 10.6 Å². The lowest BCUT2D eigenvalue weighted by Gasteiger charge is -2.22. The minimum absolute atomic E-state index is 0.150. The molecule has 1 amide bonds. The highest BCUT2D eigenvalue weighted by Crippen LogP contribution is 2.18. The molecule has 0 aliphatic carbocycles. The Balaban J connectivity index is 1.32. The number of anilines is 1. The van der Waals surface area contributed by atoms with Gasteiger partial charge in [-0.15, -0.1) is 0 Å². The Labute approximate surface area is 167 Å². The molecule has 6 heteroatoms.